The molecule has 10 heavy (non-hydrogen) atoms. The maximum absolute atomic E-state index is 10.9. The number of amides is 1. The van der Waals surface area contributed by atoms with Gasteiger partial charge in [0.25, 0.3) is 11.1 Å². The van der Waals surface area contributed by atoms with E-state index in [-0.39, 0.29) is 5.91 Å². The molecule has 1 amide bonds. The molecule has 0 unspecified atom stereocenters. The van der Waals surface area contributed by atoms with Crippen LogP contribution in [0, 0.1) is 0 Å². The Balaban J connectivity index is 2.76. The van der Waals surface area contributed by atoms with E-state index < -0.39 is 5.60 Å². The summed E-state index contributed by atoms with van der Waals surface area (Å²) in [7, 11) is 0. The van der Waals surface area contributed by atoms with Gasteiger partial charge in [0.2, 0.25) is 0 Å². The first-order valence-electron chi connectivity index (χ1n) is 2.92. The van der Waals surface area contributed by atoms with Crippen molar-refractivity contribution in [2.45, 2.75) is 19.4 Å². The zero-order valence-electron chi connectivity index (χ0n) is 6.17. The first-order valence-corrected chi connectivity index (χ1v) is 4.15. The highest BCUT2D eigenvalue weighted by Crippen LogP contribution is 2.22. The minimum atomic E-state index is -0.738. The van der Waals surface area contributed by atoms with Crippen LogP contribution in [0.25, 0.3) is 0 Å². The van der Waals surface area contributed by atoms with Crippen LogP contribution >= 0.6 is 11.8 Å². The summed E-state index contributed by atoms with van der Waals surface area (Å²) in [6.45, 7) is 3.42. The van der Waals surface area contributed by atoms with Crippen molar-refractivity contribution in [1.82, 2.24) is 0 Å². The van der Waals surface area contributed by atoms with Gasteiger partial charge < -0.3 is 4.74 Å². The predicted molar refractivity (Wildman–Crippen MR) is 41.1 cm³/mol. The minimum Gasteiger partial charge on any atom is -0.457 e. The largest absolute Gasteiger partial charge is 0.457 e. The summed E-state index contributed by atoms with van der Waals surface area (Å²) >= 11 is 1.35. The van der Waals surface area contributed by atoms with Gasteiger partial charge in [-0.15, -0.1) is 0 Å². The first kappa shape index (κ1) is 7.60. The highest BCUT2D eigenvalue weighted by molar-refractivity contribution is 8.13. The molecule has 56 valence electrons. The number of thioether (sulfide) groups is 1. The van der Waals surface area contributed by atoms with E-state index >= 15 is 0 Å². The number of rotatable bonds is 0. The molecule has 0 atom stereocenters. The van der Waals surface area contributed by atoms with Crippen molar-refractivity contribution < 1.29 is 9.53 Å². The van der Waals surface area contributed by atoms with E-state index in [2.05, 4.69) is 4.99 Å². The Labute approximate surface area is 63.9 Å². The van der Waals surface area contributed by atoms with Crippen LogP contribution in [0.5, 0.6) is 0 Å². The lowest BCUT2D eigenvalue weighted by Crippen LogP contribution is -2.28. The normalized spacial score (nSPS) is 22.3. The highest BCUT2D eigenvalue weighted by atomic mass is 32.2. The number of ether oxygens (including phenoxy) is 1. The van der Waals surface area contributed by atoms with Crippen LogP contribution in [0.4, 0.5) is 0 Å². The van der Waals surface area contributed by atoms with Crippen LogP contribution < -0.4 is 0 Å². The second-order valence-electron chi connectivity index (χ2n) is 2.50. The molecule has 1 heterocycles. The van der Waals surface area contributed by atoms with Crippen molar-refractivity contribution in [3.8, 4) is 0 Å². The quantitative estimate of drug-likeness (QED) is 0.530. The number of aliphatic imine (C=N–C) groups is 1. The zero-order chi connectivity index (χ0) is 7.78. The molecule has 0 aromatic rings. The summed E-state index contributed by atoms with van der Waals surface area (Å²) in [5.74, 6) is -0.197. The maximum Gasteiger partial charge on any atom is 0.293 e. The number of nitrogens with zero attached hydrogens (tertiary/aromatic N) is 1. The molecule has 0 saturated carbocycles. The van der Waals surface area contributed by atoms with Crippen molar-refractivity contribution in [2.75, 3.05) is 6.26 Å². The fourth-order valence-corrected chi connectivity index (χ4v) is 1.06. The molecule has 0 aromatic heterocycles. The lowest BCUT2D eigenvalue weighted by molar-refractivity contribution is -0.128. The first-order chi connectivity index (χ1) is 4.56. The van der Waals surface area contributed by atoms with Crippen LogP contribution in [0.3, 0.4) is 0 Å². The van der Waals surface area contributed by atoms with E-state index in [0.717, 1.165) is 0 Å². The van der Waals surface area contributed by atoms with Crippen LogP contribution in [-0.2, 0) is 9.53 Å². The van der Waals surface area contributed by atoms with Crippen LogP contribution in [0.1, 0.15) is 13.8 Å². The summed E-state index contributed by atoms with van der Waals surface area (Å²) in [6.07, 6.45) is 1.83. The zero-order valence-corrected chi connectivity index (χ0v) is 6.99. The third kappa shape index (κ3) is 1.16. The lowest BCUT2D eigenvalue weighted by atomic mass is 10.1. The number of hydrogen-bond acceptors (Lipinski definition) is 3. The fourth-order valence-electron chi connectivity index (χ4n) is 0.590. The molecule has 1 aliphatic rings. The van der Waals surface area contributed by atoms with E-state index in [1.807, 2.05) is 6.26 Å². The Hall–Kier alpha value is -0.510. The van der Waals surface area contributed by atoms with Gasteiger partial charge in [0.05, 0.1) is 0 Å². The van der Waals surface area contributed by atoms with Crippen LogP contribution in [-0.4, -0.2) is 23.0 Å². The molecular weight excluding hydrogens is 150 g/mol. The monoisotopic (exact) mass is 159 g/mol. The van der Waals surface area contributed by atoms with Gasteiger partial charge in [0.1, 0.15) is 0 Å². The Morgan fingerprint density at radius 2 is 2.20 bits per heavy atom. The van der Waals surface area contributed by atoms with E-state index in [9.17, 15) is 4.79 Å². The fraction of sp³-hybridized carbons (Fsp3) is 0.667. The Morgan fingerprint density at radius 1 is 1.60 bits per heavy atom. The predicted octanol–water partition coefficient (Wildman–Crippen LogP) is 1.04. The number of carbonyl (C=O) groups excluding carboxylic acids is 1. The third-order valence-electron chi connectivity index (χ3n) is 1.22. The summed E-state index contributed by atoms with van der Waals surface area (Å²) in [5, 5.41) is 0.468. The van der Waals surface area contributed by atoms with Crippen molar-refractivity contribution in [3.05, 3.63) is 0 Å². The topological polar surface area (TPSA) is 38.7 Å². The molecule has 0 bridgehead atoms. The minimum absolute atomic E-state index is 0.197. The van der Waals surface area contributed by atoms with Crippen molar-refractivity contribution >= 4 is 22.9 Å². The molecule has 0 fully saturated rings. The Morgan fingerprint density at radius 3 is 2.40 bits per heavy atom. The standard InChI is InChI=1S/C6H9NO2S/c1-6(2)4(8)7-5(9-6)10-3/h1-3H3. The molecule has 0 aromatic carbocycles. The van der Waals surface area contributed by atoms with Gasteiger partial charge in [-0.2, -0.15) is 4.99 Å². The van der Waals surface area contributed by atoms with Gasteiger partial charge in [-0.3, -0.25) is 4.79 Å². The van der Waals surface area contributed by atoms with Gasteiger partial charge in [0, 0.05) is 0 Å². The van der Waals surface area contributed by atoms with Crippen molar-refractivity contribution in [1.29, 1.82) is 0 Å². The smallest absolute Gasteiger partial charge is 0.293 e. The van der Waals surface area contributed by atoms with Crippen LogP contribution in [0.15, 0.2) is 4.99 Å². The van der Waals surface area contributed by atoms with E-state index in [0.29, 0.717) is 5.23 Å². The molecule has 0 spiro atoms. The molecule has 1 aliphatic heterocycles. The van der Waals surface area contributed by atoms with E-state index in [1.54, 1.807) is 13.8 Å². The Kier molecular flexibility index (Phi) is 1.72. The van der Waals surface area contributed by atoms with E-state index in [1.165, 1.54) is 11.8 Å². The number of carbonyl (C=O) groups is 1. The van der Waals surface area contributed by atoms with Crippen LogP contribution in [0.2, 0.25) is 0 Å². The molecule has 4 heteroatoms. The molecule has 0 N–H and O–H groups in total. The lowest BCUT2D eigenvalue weighted by Gasteiger charge is -2.13. The summed E-state index contributed by atoms with van der Waals surface area (Å²) in [5.41, 5.74) is -0.738. The SMILES string of the molecule is CSC1=NC(=O)C(C)(C)O1. The molecule has 0 saturated heterocycles. The van der Waals surface area contributed by atoms with Gasteiger partial charge in [0.15, 0.2) is 5.60 Å². The Bertz CT molecular complexity index is 198. The summed E-state index contributed by atoms with van der Waals surface area (Å²) in [4.78, 5) is 14.6. The van der Waals surface area contributed by atoms with E-state index in [4.69, 9.17) is 4.74 Å². The summed E-state index contributed by atoms with van der Waals surface area (Å²) in [6, 6.07) is 0. The second kappa shape index (κ2) is 2.27. The molecular formula is C6H9NO2S. The molecule has 0 radical (unpaired) electrons. The average Bonchev–Trinajstić information content (AvgIpc) is 2.08. The maximum atomic E-state index is 10.9. The molecule has 3 nitrogen and oxygen atoms in total. The molecule has 1 rings (SSSR count). The second-order valence-corrected chi connectivity index (χ2v) is 3.26. The average molecular weight is 159 g/mol. The number of hydrogen-bond donors (Lipinski definition) is 0. The van der Waals surface area contributed by atoms with Gasteiger partial charge in [-0.1, -0.05) is 11.8 Å². The van der Waals surface area contributed by atoms with Crippen molar-refractivity contribution in [3.63, 3.8) is 0 Å². The van der Waals surface area contributed by atoms with Gasteiger partial charge >= 0.3 is 0 Å². The van der Waals surface area contributed by atoms with Gasteiger partial charge in [-0.25, -0.2) is 0 Å². The summed E-state index contributed by atoms with van der Waals surface area (Å²) < 4.78 is 5.17. The highest BCUT2D eigenvalue weighted by Gasteiger charge is 2.36. The van der Waals surface area contributed by atoms with Gasteiger partial charge in [-0.05, 0) is 20.1 Å². The van der Waals surface area contributed by atoms with Crippen molar-refractivity contribution in [2.24, 2.45) is 4.99 Å². The third-order valence-corrected chi connectivity index (χ3v) is 1.75. The molecule has 0 aliphatic carbocycles.